The Hall–Kier alpha value is -1.91. The van der Waals surface area contributed by atoms with Crippen LogP contribution in [0.4, 0.5) is 10.1 Å². The molecule has 0 aromatic heterocycles. The van der Waals surface area contributed by atoms with Crippen LogP contribution in [0.25, 0.3) is 0 Å². The van der Waals surface area contributed by atoms with Crippen LogP contribution in [0.15, 0.2) is 48.5 Å². The molecule has 1 amide bonds. The van der Waals surface area contributed by atoms with E-state index in [1.807, 2.05) is 12.1 Å². The Balaban J connectivity index is 1.50. The van der Waals surface area contributed by atoms with Gasteiger partial charge in [-0.1, -0.05) is 29.8 Å². The standard InChI is InChI=1S/C19H20ClFN2O/c20-16-5-7-17(8-6-16)22-19(24)14-9-11-23(12-10-14)13-15-3-1-2-4-18(15)21/h1-8,14H,9-13H2,(H,22,24). The first-order valence-electron chi connectivity index (χ1n) is 8.14. The Labute approximate surface area is 146 Å². The van der Waals surface area contributed by atoms with Crippen LogP contribution in [0.1, 0.15) is 18.4 Å². The number of likely N-dealkylation sites (tertiary alicyclic amines) is 1. The summed E-state index contributed by atoms with van der Waals surface area (Å²) in [5, 5.41) is 3.58. The van der Waals surface area contributed by atoms with Gasteiger partial charge in [-0.3, -0.25) is 9.69 Å². The number of amides is 1. The van der Waals surface area contributed by atoms with E-state index in [9.17, 15) is 9.18 Å². The highest BCUT2D eigenvalue weighted by atomic mass is 35.5. The molecule has 0 saturated carbocycles. The summed E-state index contributed by atoms with van der Waals surface area (Å²) >= 11 is 5.85. The number of piperidine rings is 1. The largest absolute Gasteiger partial charge is 0.326 e. The van der Waals surface area contributed by atoms with E-state index in [0.29, 0.717) is 17.1 Å². The predicted molar refractivity (Wildman–Crippen MR) is 94.5 cm³/mol. The van der Waals surface area contributed by atoms with Crippen LogP contribution < -0.4 is 5.32 Å². The summed E-state index contributed by atoms with van der Waals surface area (Å²) in [6.45, 7) is 2.19. The summed E-state index contributed by atoms with van der Waals surface area (Å²) in [6.07, 6.45) is 1.57. The van der Waals surface area contributed by atoms with Crippen LogP contribution in [0, 0.1) is 11.7 Å². The van der Waals surface area contributed by atoms with E-state index < -0.39 is 0 Å². The lowest BCUT2D eigenvalue weighted by molar-refractivity contribution is -0.121. The summed E-state index contributed by atoms with van der Waals surface area (Å²) in [4.78, 5) is 14.5. The van der Waals surface area contributed by atoms with E-state index in [0.717, 1.165) is 31.6 Å². The first-order valence-corrected chi connectivity index (χ1v) is 8.52. The number of nitrogens with one attached hydrogen (secondary N) is 1. The third-order valence-corrected chi connectivity index (χ3v) is 4.67. The number of hydrogen-bond donors (Lipinski definition) is 1. The van der Waals surface area contributed by atoms with Crippen LogP contribution in [-0.2, 0) is 11.3 Å². The summed E-state index contributed by atoms with van der Waals surface area (Å²) in [5.41, 5.74) is 1.47. The Morgan fingerprint density at radius 2 is 1.79 bits per heavy atom. The first-order chi connectivity index (χ1) is 11.6. The zero-order valence-corrected chi connectivity index (χ0v) is 14.1. The molecule has 0 atom stereocenters. The molecule has 1 aliphatic heterocycles. The van der Waals surface area contributed by atoms with E-state index in [2.05, 4.69) is 10.2 Å². The highest BCUT2D eigenvalue weighted by Crippen LogP contribution is 2.22. The predicted octanol–water partition coefficient (Wildman–Crippen LogP) is 4.33. The van der Waals surface area contributed by atoms with Gasteiger partial charge in [-0.15, -0.1) is 0 Å². The fourth-order valence-corrected chi connectivity index (χ4v) is 3.12. The third kappa shape index (κ3) is 4.34. The molecule has 1 fully saturated rings. The lowest BCUT2D eigenvalue weighted by Gasteiger charge is -2.31. The maximum absolute atomic E-state index is 13.7. The number of nitrogens with zero attached hydrogens (tertiary/aromatic N) is 1. The zero-order valence-electron chi connectivity index (χ0n) is 13.3. The van der Waals surface area contributed by atoms with Crippen LogP contribution >= 0.6 is 11.6 Å². The molecular formula is C19H20ClFN2O. The molecule has 0 bridgehead atoms. The lowest BCUT2D eigenvalue weighted by Crippen LogP contribution is -2.37. The summed E-state index contributed by atoms with van der Waals surface area (Å²) in [6, 6.07) is 14.0. The Morgan fingerprint density at radius 3 is 2.46 bits per heavy atom. The minimum Gasteiger partial charge on any atom is -0.326 e. The van der Waals surface area contributed by atoms with Gasteiger partial charge in [0.25, 0.3) is 0 Å². The molecule has 24 heavy (non-hydrogen) atoms. The van der Waals surface area contributed by atoms with Crippen molar-refractivity contribution in [3.8, 4) is 0 Å². The van der Waals surface area contributed by atoms with E-state index in [1.54, 1.807) is 30.3 Å². The van der Waals surface area contributed by atoms with Gasteiger partial charge in [0.2, 0.25) is 5.91 Å². The van der Waals surface area contributed by atoms with Crippen LogP contribution in [-0.4, -0.2) is 23.9 Å². The Kier molecular flexibility index (Phi) is 5.48. The quantitative estimate of drug-likeness (QED) is 0.893. The highest BCUT2D eigenvalue weighted by molar-refractivity contribution is 6.30. The summed E-state index contributed by atoms with van der Waals surface area (Å²) in [7, 11) is 0. The molecular weight excluding hydrogens is 327 g/mol. The smallest absolute Gasteiger partial charge is 0.227 e. The van der Waals surface area contributed by atoms with Crippen LogP contribution in [0.3, 0.4) is 0 Å². The minimum absolute atomic E-state index is 0.00227. The van der Waals surface area contributed by atoms with Crippen molar-refractivity contribution >= 4 is 23.2 Å². The van der Waals surface area contributed by atoms with Crippen LogP contribution in [0.5, 0.6) is 0 Å². The van der Waals surface area contributed by atoms with Crippen molar-refractivity contribution < 1.29 is 9.18 Å². The second-order valence-electron chi connectivity index (χ2n) is 6.14. The summed E-state index contributed by atoms with van der Waals surface area (Å²) in [5.74, 6) is -0.125. The van der Waals surface area contributed by atoms with Gasteiger partial charge in [0, 0.05) is 28.7 Å². The fraction of sp³-hybridized carbons (Fsp3) is 0.316. The van der Waals surface area contributed by atoms with Gasteiger partial charge in [0.1, 0.15) is 5.82 Å². The van der Waals surface area contributed by atoms with Gasteiger partial charge in [-0.25, -0.2) is 4.39 Å². The minimum atomic E-state index is -0.167. The molecule has 126 valence electrons. The van der Waals surface area contributed by atoms with Crippen LogP contribution in [0.2, 0.25) is 5.02 Å². The molecule has 0 spiro atoms. The van der Waals surface area contributed by atoms with Crippen molar-refractivity contribution in [1.82, 2.24) is 4.90 Å². The molecule has 1 saturated heterocycles. The van der Waals surface area contributed by atoms with Gasteiger partial charge in [-0.2, -0.15) is 0 Å². The van der Waals surface area contributed by atoms with Gasteiger partial charge < -0.3 is 5.32 Å². The summed E-state index contributed by atoms with van der Waals surface area (Å²) < 4.78 is 13.7. The van der Waals surface area contributed by atoms with Crippen molar-refractivity contribution in [3.05, 3.63) is 64.9 Å². The normalized spacial score (nSPS) is 16.1. The van der Waals surface area contributed by atoms with Crippen molar-refractivity contribution in [2.24, 2.45) is 5.92 Å². The number of rotatable bonds is 4. The van der Waals surface area contributed by atoms with Gasteiger partial charge in [0.05, 0.1) is 0 Å². The first kappa shape index (κ1) is 16.9. The third-order valence-electron chi connectivity index (χ3n) is 4.42. The molecule has 1 heterocycles. The molecule has 1 aliphatic rings. The van der Waals surface area contributed by atoms with Crippen molar-refractivity contribution in [2.45, 2.75) is 19.4 Å². The van der Waals surface area contributed by atoms with E-state index in [1.165, 1.54) is 6.07 Å². The average molecular weight is 347 g/mol. The topological polar surface area (TPSA) is 32.3 Å². The molecule has 3 nitrogen and oxygen atoms in total. The molecule has 0 unspecified atom stereocenters. The van der Waals surface area contributed by atoms with E-state index >= 15 is 0 Å². The molecule has 0 radical (unpaired) electrons. The molecule has 2 aromatic carbocycles. The second kappa shape index (κ2) is 7.77. The SMILES string of the molecule is O=C(Nc1ccc(Cl)cc1)C1CCN(Cc2ccccc2F)CC1. The van der Waals surface area contributed by atoms with Gasteiger partial charge in [0.15, 0.2) is 0 Å². The number of halogens is 2. The number of carbonyl (C=O) groups is 1. The van der Waals surface area contributed by atoms with Gasteiger partial charge in [-0.05, 0) is 56.3 Å². The maximum atomic E-state index is 13.7. The second-order valence-corrected chi connectivity index (χ2v) is 6.57. The Bertz CT molecular complexity index is 697. The Morgan fingerprint density at radius 1 is 1.12 bits per heavy atom. The number of anilines is 1. The molecule has 1 N–H and O–H groups in total. The molecule has 2 aromatic rings. The number of carbonyl (C=O) groups excluding carboxylic acids is 1. The van der Waals surface area contributed by atoms with Gasteiger partial charge >= 0.3 is 0 Å². The van der Waals surface area contributed by atoms with Crippen molar-refractivity contribution in [2.75, 3.05) is 18.4 Å². The van der Waals surface area contributed by atoms with Crippen molar-refractivity contribution in [3.63, 3.8) is 0 Å². The lowest BCUT2D eigenvalue weighted by atomic mass is 9.95. The monoisotopic (exact) mass is 346 g/mol. The molecule has 5 heteroatoms. The van der Waals surface area contributed by atoms with E-state index in [-0.39, 0.29) is 17.6 Å². The average Bonchev–Trinajstić information content (AvgIpc) is 2.59. The molecule has 0 aliphatic carbocycles. The maximum Gasteiger partial charge on any atom is 0.227 e. The fourth-order valence-electron chi connectivity index (χ4n) is 3.00. The highest BCUT2D eigenvalue weighted by Gasteiger charge is 2.25. The van der Waals surface area contributed by atoms with Crippen molar-refractivity contribution in [1.29, 1.82) is 0 Å². The molecule has 3 rings (SSSR count). The van der Waals surface area contributed by atoms with E-state index in [4.69, 9.17) is 11.6 Å². The zero-order chi connectivity index (χ0) is 16.9. The number of hydrogen-bond acceptors (Lipinski definition) is 2. The number of benzene rings is 2.